The van der Waals surface area contributed by atoms with E-state index in [-0.39, 0.29) is 18.4 Å². The zero-order valence-electron chi connectivity index (χ0n) is 19.5. The van der Waals surface area contributed by atoms with Crippen molar-refractivity contribution in [3.8, 4) is 0 Å². The van der Waals surface area contributed by atoms with Gasteiger partial charge in [-0.05, 0) is 49.1 Å². The van der Waals surface area contributed by atoms with Gasteiger partial charge in [0.05, 0.1) is 11.9 Å². The SMILES string of the molecule is CC(C)CNC(=O)[C@@H](C)N(CCc1ccccc1)C(=O)CN(c1ccc(Cl)cc1)S(C)(=O)=O. The lowest BCUT2D eigenvalue weighted by molar-refractivity contribution is -0.138. The van der Waals surface area contributed by atoms with Crippen LogP contribution < -0.4 is 9.62 Å². The Morgan fingerprint density at radius 2 is 1.61 bits per heavy atom. The summed E-state index contributed by atoms with van der Waals surface area (Å²) in [7, 11) is -3.75. The molecule has 2 amide bonds. The first-order valence-electron chi connectivity index (χ1n) is 10.8. The maximum atomic E-state index is 13.4. The summed E-state index contributed by atoms with van der Waals surface area (Å²) in [4.78, 5) is 27.5. The molecule has 2 aromatic rings. The highest BCUT2D eigenvalue weighted by molar-refractivity contribution is 7.92. The Bertz CT molecular complexity index is 1030. The van der Waals surface area contributed by atoms with Gasteiger partial charge in [-0.2, -0.15) is 0 Å². The molecule has 7 nitrogen and oxygen atoms in total. The Labute approximate surface area is 201 Å². The van der Waals surface area contributed by atoms with E-state index in [1.54, 1.807) is 31.2 Å². The van der Waals surface area contributed by atoms with Crippen LogP contribution in [0.5, 0.6) is 0 Å². The largest absolute Gasteiger partial charge is 0.354 e. The van der Waals surface area contributed by atoms with Crippen molar-refractivity contribution >= 4 is 39.1 Å². The van der Waals surface area contributed by atoms with Crippen LogP contribution in [0.1, 0.15) is 26.3 Å². The molecule has 2 rings (SSSR count). The van der Waals surface area contributed by atoms with Crippen molar-refractivity contribution in [1.29, 1.82) is 0 Å². The average molecular weight is 494 g/mol. The third-order valence-corrected chi connectivity index (χ3v) is 6.52. The zero-order valence-corrected chi connectivity index (χ0v) is 21.1. The maximum Gasteiger partial charge on any atom is 0.244 e. The fourth-order valence-corrected chi connectivity index (χ4v) is 4.22. The number of anilines is 1. The van der Waals surface area contributed by atoms with Crippen LogP contribution in [-0.4, -0.2) is 57.1 Å². The number of halogens is 1. The van der Waals surface area contributed by atoms with E-state index in [9.17, 15) is 18.0 Å². The Morgan fingerprint density at radius 1 is 1.00 bits per heavy atom. The molecule has 0 aliphatic carbocycles. The lowest BCUT2D eigenvalue weighted by Crippen LogP contribution is -2.52. The van der Waals surface area contributed by atoms with Gasteiger partial charge in [0, 0.05) is 18.1 Å². The van der Waals surface area contributed by atoms with Crippen LogP contribution >= 0.6 is 11.6 Å². The van der Waals surface area contributed by atoms with E-state index in [0.717, 1.165) is 16.1 Å². The van der Waals surface area contributed by atoms with Gasteiger partial charge < -0.3 is 10.2 Å². The van der Waals surface area contributed by atoms with E-state index in [1.165, 1.54) is 4.90 Å². The third kappa shape index (κ3) is 8.37. The Morgan fingerprint density at radius 3 is 2.15 bits per heavy atom. The fourth-order valence-electron chi connectivity index (χ4n) is 3.24. The zero-order chi connectivity index (χ0) is 24.6. The van der Waals surface area contributed by atoms with E-state index in [4.69, 9.17) is 11.6 Å². The van der Waals surface area contributed by atoms with E-state index in [1.807, 2.05) is 44.2 Å². The number of benzene rings is 2. The van der Waals surface area contributed by atoms with Crippen molar-refractivity contribution < 1.29 is 18.0 Å². The number of nitrogens with one attached hydrogen (secondary N) is 1. The molecular formula is C24H32ClN3O4S. The number of nitrogens with zero attached hydrogens (tertiary/aromatic N) is 2. The Kier molecular flexibility index (Phi) is 9.73. The molecule has 0 unspecified atom stereocenters. The lowest BCUT2D eigenvalue weighted by atomic mass is 10.1. The number of sulfonamides is 1. The van der Waals surface area contributed by atoms with Crippen molar-refractivity contribution in [3.63, 3.8) is 0 Å². The number of carbonyl (C=O) groups excluding carboxylic acids is 2. The molecule has 0 bridgehead atoms. The summed E-state index contributed by atoms with van der Waals surface area (Å²) in [6, 6.07) is 15.1. The molecule has 0 aliphatic rings. The van der Waals surface area contributed by atoms with Gasteiger partial charge in [0.25, 0.3) is 0 Å². The summed E-state index contributed by atoms with van der Waals surface area (Å²) in [5, 5.41) is 3.31. The van der Waals surface area contributed by atoms with Gasteiger partial charge in [-0.3, -0.25) is 13.9 Å². The van der Waals surface area contributed by atoms with Crippen LogP contribution in [0, 0.1) is 5.92 Å². The molecule has 0 aromatic heterocycles. The summed E-state index contributed by atoms with van der Waals surface area (Å²) in [6.07, 6.45) is 1.58. The molecule has 180 valence electrons. The predicted octanol–water partition coefficient (Wildman–Crippen LogP) is 3.34. The minimum Gasteiger partial charge on any atom is -0.354 e. The van der Waals surface area contributed by atoms with Gasteiger partial charge in [0.1, 0.15) is 12.6 Å². The molecule has 1 N–H and O–H groups in total. The molecular weight excluding hydrogens is 462 g/mol. The van der Waals surface area contributed by atoms with Crippen molar-refractivity contribution in [2.75, 3.05) is 30.2 Å². The molecule has 1 atom stereocenters. The average Bonchev–Trinajstić information content (AvgIpc) is 2.76. The van der Waals surface area contributed by atoms with Gasteiger partial charge >= 0.3 is 0 Å². The molecule has 0 aliphatic heterocycles. The second-order valence-corrected chi connectivity index (χ2v) is 10.7. The van der Waals surface area contributed by atoms with Crippen LogP contribution in [0.25, 0.3) is 0 Å². The van der Waals surface area contributed by atoms with E-state index >= 15 is 0 Å². The van der Waals surface area contributed by atoms with Crippen LogP contribution in [0.4, 0.5) is 5.69 Å². The molecule has 0 heterocycles. The smallest absolute Gasteiger partial charge is 0.244 e. The van der Waals surface area contributed by atoms with Gasteiger partial charge in [-0.15, -0.1) is 0 Å². The first kappa shape index (κ1) is 26.7. The molecule has 0 fully saturated rings. The Hall–Kier alpha value is -2.58. The highest BCUT2D eigenvalue weighted by Crippen LogP contribution is 2.21. The van der Waals surface area contributed by atoms with Crippen molar-refractivity contribution in [1.82, 2.24) is 10.2 Å². The normalized spacial score (nSPS) is 12.3. The standard InChI is InChI=1S/C24H32ClN3O4S/c1-18(2)16-26-24(30)19(3)27(15-14-20-8-6-5-7-9-20)23(29)17-28(33(4,31)32)22-12-10-21(25)11-13-22/h5-13,18-19H,14-17H2,1-4H3,(H,26,30)/t19-/m1/s1. The van der Waals surface area contributed by atoms with E-state index in [2.05, 4.69) is 5.32 Å². The molecule has 0 spiro atoms. The van der Waals surface area contributed by atoms with Crippen molar-refractivity contribution in [2.45, 2.75) is 33.2 Å². The van der Waals surface area contributed by atoms with Crippen LogP contribution in [0.3, 0.4) is 0 Å². The van der Waals surface area contributed by atoms with Crippen molar-refractivity contribution in [3.05, 3.63) is 65.2 Å². The second kappa shape index (κ2) is 12.0. The molecule has 0 saturated heterocycles. The summed E-state index contributed by atoms with van der Waals surface area (Å²) in [5.74, 6) is -0.471. The lowest BCUT2D eigenvalue weighted by Gasteiger charge is -2.31. The minimum atomic E-state index is -3.75. The monoisotopic (exact) mass is 493 g/mol. The highest BCUT2D eigenvalue weighted by Gasteiger charge is 2.29. The highest BCUT2D eigenvalue weighted by atomic mass is 35.5. The molecule has 0 radical (unpaired) electrons. The molecule has 33 heavy (non-hydrogen) atoms. The minimum absolute atomic E-state index is 0.264. The number of hydrogen-bond donors (Lipinski definition) is 1. The maximum absolute atomic E-state index is 13.4. The van der Waals surface area contributed by atoms with Gasteiger partial charge in [0.15, 0.2) is 0 Å². The summed E-state index contributed by atoms with van der Waals surface area (Å²) >= 11 is 5.93. The fraction of sp³-hybridized carbons (Fsp3) is 0.417. The van der Waals surface area contributed by atoms with Crippen LogP contribution in [-0.2, 0) is 26.0 Å². The van der Waals surface area contributed by atoms with Crippen LogP contribution in [0.15, 0.2) is 54.6 Å². The van der Waals surface area contributed by atoms with Gasteiger partial charge in [0.2, 0.25) is 21.8 Å². The second-order valence-electron chi connectivity index (χ2n) is 8.38. The summed E-state index contributed by atoms with van der Waals surface area (Å²) in [6.45, 7) is 5.98. The quantitative estimate of drug-likeness (QED) is 0.520. The number of carbonyl (C=O) groups is 2. The number of amides is 2. The Balaban J connectivity index is 2.27. The van der Waals surface area contributed by atoms with Gasteiger partial charge in [-0.25, -0.2) is 8.42 Å². The summed E-state index contributed by atoms with van der Waals surface area (Å²) < 4.78 is 26.0. The predicted molar refractivity (Wildman–Crippen MR) is 133 cm³/mol. The van der Waals surface area contributed by atoms with Crippen LogP contribution in [0.2, 0.25) is 5.02 Å². The topological polar surface area (TPSA) is 86.8 Å². The molecule has 9 heteroatoms. The third-order valence-electron chi connectivity index (χ3n) is 5.13. The molecule has 2 aromatic carbocycles. The first-order chi connectivity index (χ1) is 15.5. The van der Waals surface area contributed by atoms with Gasteiger partial charge in [-0.1, -0.05) is 55.8 Å². The first-order valence-corrected chi connectivity index (χ1v) is 13.1. The van der Waals surface area contributed by atoms with E-state index < -0.39 is 28.5 Å². The van der Waals surface area contributed by atoms with Crippen molar-refractivity contribution in [2.24, 2.45) is 5.92 Å². The van der Waals surface area contributed by atoms with E-state index in [0.29, 0.717) is 23.7 Å². The number of rotatable bonds is 11. The summed E-state index contributed by atoms with van der Waals surface area (Å²) in [5.41, 5.74) is 1.35. The molecule has 0 saturated carbocycles. The number of hydrogen-bond acceptors (Lipinski definition) is 4.